The predicted molar refractivity (Wildman–Crippen MR) is 69.0 cm³/mol. The van der Waals surface area contributed by atoms with Crippen molar-refractivity contribution in [3.8, 4) is 17.2 Å². The highest BCUT2D eigenvalue weighted by Crippen LogP contribution is 2.36. The summed E-state index contributed by atoms with van der Waals surface area (Å²) in [6.45, 7) is -0.180. The SMILES string of the molecule is COc1cc2c(cc1OC)C(=O)N(CCO[N+](=O)[O-])CO2. The average Bonchev–Trinajstić information content (AvgIpc) is 2.48. The average molecular weight is 298 g/mol. The summed E-state index contributed by atoms with van der Waals surface area (Å²) in [6.07, 6.45) is 0. The van der Waals surface area contributed by atoms with Gasteiger partial charge in [-0.25, -0.2) is 0 Å². The smallest absolute Gasteiger partial charge is 0.294 e. The molecule has 0 fully saturated rings. The van der Waals surface area contributed by atoms with Crippen LogP contribution in [0.2, 0.25) is 0 Å². The molecule has 0 spiro atoms. The van der Waals surface area contributed by atoms with Crippen molar-refractivity contribution < 1.29 is 28.9 Å². The number of carbonyl (C=O) groups excluding carboxylic acids is 1. The molecule has 1 aromatic carbocycles. The van der Waals surface area contributed by atoms with Crippen molar-refractivity contribution in [1.29, 1.82) is 0 Å². The van der Waals surface area contributed by atoms with Gasteiger partial charge in [0.2, 0.25) is 0 Å². The zero-order valence-electron chi connectivity index (χ0n) is 11.5. The molecule has 1 amide bonds. The van der Waals surface area contributed by atoms with Gasteiger partial charge in [0.25, 0.3) is 11.0 Å². The molecule has 1 aromatic rings. The molecule has 0 aromatic heterocycles. The maximum absolute atomic E-state index is 12.3. The van der Waals surface area contributed by atoms with Gasteiger partial charge in [0.15, 0.2) is 18.2 Å². The number of nitrogens with zero attached hydrogens (tertiary/aromatic N) is 2. The van der Waals surface area contributed by atoms with Crippen LogP contribution in [0, 0.1) is 10.1 Å². The van der Waals surface area contributed by atoms with Crippen LogP contribution in [0.5, 0.6) is 17.2 Å². The number of ether oxygens (including phenoxy) is 3. The number of fused-ring (bicyclic) bond motifs is 1. The maximum Gasteiger partial charge on any atom is 0.294 e. The van der Waals surface area contributed by atoms with E-state index in [0.29, 0.717) is 22.8 Å². The Kier molecular flexibility index (Phi) is 4.31. The molecule has 9 nitrogen and oxygen atoms in total. The summed E-state index contributed by atoms with van der Waals surface area (Å²) in [6, 6.07) is 3.08. The zero-order chi connectivity index (χ0) is 15.4. The van der Waals surface area contributed by atoms with Gasteiger partial charge in [0.1, 0.15) is 12.4 Å². The van der Waals surface area contributed by atoms with E-state index in [0.717, 1.165) is 0 Å². The van der Waals surface area contributed by atoms with Gasteiger partial charge in [0, 0.05) is 18.7 Å². The van der Waals surface area contributed by atoms with E-state index in [9.17, 15) is 14.9 Å². The number of hydrogen-bond acceptors (Lipinski definition) is 7. The Bertz CT molecular complexity index is 561. The summed E-state index contributed by atoms with van der Waals surface area (Å²) in [7, 11) is 2.94. The normalized spacial score (nSPS) is 13.2. The molecule has 1 aliphatic heterocycles. The predicted octanol–water partition coefficient (Wildman–Crippen LogP) is 0.704. The van der Waals surface area contributed by atoms with E-state index in [1.165, 1.54) is 25.2 Å². The van der Waals surface area contributed by atoms with Gasteiger partial charge in [-0.1, -0.05) is 0 Å². The number of carbonyl (C=O) groups is 1. The standard InChI is InChI=1S/C12H14N2O7/c1-18-10-5-8-9(6-11(10)19-2)20-7-13(12(8)15)3-4-21-14(16)17/h5-6H,3-4,7H2,1-2H3. The highest BCUT2D eigenvalue weighted by molar-refractivity contribution is 5.98. The van der Waals surface area contributed by atoms with Crippen LogP contribution in [0.3, 0.4) is 0 Å². The summed E-state index contributed by atoms with van der Waals surface area (Å²) in [4.78, 5) is 27.9. The van der Waals surface area contributed by atoms with Crippen LogP contribution in [0.4, 0.5) is 0 Å². The minimum Gasteiger partial charge on any atom is -0.493 e. The van der Waals surface area contributed by atoms with Gasteiger partial charge in [-0.05, 0) is 0 Å². The van der Waals surface area contributed by atoms with Crippen LogP contribution in [0.15, 0.2) is 12.1 Å². The van der Waals surface area contributed by atoms with Gasteiger partial charge < -0.3 is 23.9 Å². The van der Waals surface area contributed by atoms with Crippen molar-refractivity contribution in [2.45, 2.75) is 0 Å². The van der Waals surface area contributed by atoms with Crippen LogP contribution in [-0.2, 0) is 4.84 Å². The Balaban J connectivity index is 2.16. The van der Waals surface area contributed by atoms with Gasteiger partial charge in [-0.15, -0.1) is 10.1 Å². The van der Waals surface area contributed by atoms with Crippen LogP contribution < -0.4 is 14.2 Å². The molecular weight excluding hydrogens is 284 g/mol. The van der Waals surface area contributed by atoms with Crippen molar-refractivity contribution in [3.63, 3.8) is 0 Å². The maximum atomic E-state index is 12.3. The summed E-state index contributed by atoms with van der Waals surface area (Å²) in [5, 5.41) is 9.19. The molecule has 0 aliphatic carbocycles. The van der Waals surface area contributed by atoms with Gasteiger partial charge in [-0.2, -0.15) is 0 Å². The lowest BCUT2D eigenvalue weighted by molar-refractivity contribution is -0.757. The van der Waals surface area contributed by atoms with E-state index in [2.05, 4.69) is 4.84 Å². The number of rotatable bonds is 6. The lowest BCUT2D eigenvalue weighted by Crippen LogP contribution is -2.40. The second-order valence-electron chi connectivity index (χ2n) is 4.10. The van der Waals surface area contributed by atoms with E-state index in [1.54, 1.807) is 6.07 Å². The van der Waals surface area contributed by atoms with Crippen molar-refractivity contribution in [2.24, 2.45) is 0 Å². The molecule has 0 N–H and O–H groups in total. The molecule has 114 valence electrons. The lowest BCUT2D eigenvalue weighted by Gasteiger charge is -2.29. The molecular formula is C12H14N2O7. The Morgan fingerprint density at radius 3 is 2.62 bits per heavy atom. The Labute approximate surface area is 120 Å². The van der Waals surface area contributed by atoms with Gasteiger partial charge in [-0.3, -0.25) is 4.79 Å². The van der Waals surface area contributed by atoms with E-state index in [4.69, 9.17) is 14.2 Å². The molecule has 2 rings (SSSR count). The molecule has 0 radical (unpaired) electrons. The first-order valence-corrected chi connectivity index (χ1v) is 6.02. The van der Waals surface area contributed by atoms with E-state index >= 15 is 0 Å². The fourth-order valence-electron chi connectivity index (χ4n) is 1.91. The van der Waals surface area contributed by atoms with Crippen LogP contribution in [0.25, 0.3) is 0 Å². The van der Waals surface area contributed by atoms with Crippen LogP contribution in [0.1, 0.15) is 10.4 Å². The third-order valence-electron chi connectivity index (χ3n) is 2.94. The number of benzene rings is 1. The van der Waals surface area contributed by atoms with Crippen molar-refractivity contribution in [1.82, 2.24) is 4.90 Å². The second-order valence-corrected chi connectivity index (χ2v) is 4.10. The molecule has 0 bridgehead atoms. The lowest BCUT2D eigenvalue weighted by atomic mass is 10.1. The third kappa shape index (κ3) is 3.07. The number of methoxy groups -OCH3 is 2. The Morgan fingerprint density at radius 2 is 2.00 bits per heavy atom. The number of amides is 1. The fraction of sp³-hybridized carbons (Fsp3) is 0.417. The molecule has 0 atom stereocenters. The molecule has 0 saturated carbocycles. The topological polar surface area (TPSA) is 100 Å². The summed E-state index contributed by atoms with van der Waals surface area (Å²) >= 11 is 0. The largest absolute Gasteiger partial charge is 0.493 e. The van der Waals surface area contributed by atoms with Crippen LogP contribution >= 0.6 is 0 Å². The minimum absolute atomic E-state index is 0.0115. The van der Waals surface area contributed by atoms with Crippen molar-refractivity contribution in [2.75, 3.05) is 34.1 Å². The second kappa shape index (κ2) is 6.16. The van der Waals surface area contributed by atoms with E-state index < -0.39 is 5.09 Å². The molecule has 0 unspecified atom stereocenters. The summed E-state index contributed by atoms with van der Waals surface area (Å²) in [5.41, 5.74) is 0.306. The first kappa shape index (κ1) is 14.7. The van der Waals surface area contributed by atoms with Crippen LogP contribution in [-0.4, -0.2) is 50.0 Å². The molecule has 9 heteroatoms. The highest BCUT2D eigenvalue weighted by Gasteiger charge is 2.27. The quantitative estimate of drug-likeness (QED) is 0.563. The zero-order valence-corrected chi connectivity index (χ0v) is 11.5. The minimum atomic E-state index is -0.906. The third-order valence-corrected chi connectivity index (χ3v) is 2.94. The molecule has 21 heavy (non-hydrogen) atoms. The van der Waals surface area contributed by atoms with Gasteiger partial charge in [0.05, 0.1) is 19.8 Å². The van der Waals surface area contributed by atoms with E-state index in [1.807, 2.05) is 0 Å². The Hall–Kier alpha value is -2.71. The summed E-state index contributed by atoms with van der Waals surface area (Å²) in [5.74, 6) is 0.916. The molecule has 1 aliphatic rings. The van der Waals surface area contributed by atoms with E-state index in [-0.39, 0.29) is 25.8 Å². The fourth-order valence-corrected chi connectivity index (χ4v) is 1.91. The molecule has 0 saturated heterocycles. The molecule has 1 heterocycles. The number of hydrogen-bond donors (Lipinski definition) is 0. The monoisotopic (exact) mass is 298 g/mol. The first-order valence-electron chi connectivity index (χ1n) is 6.02. The summed E-state index contributed by atoms with van der Waals surface area (Å²) < 4.78 is 15.7. The van der Waals surface area contributed by atoms with Gasteiger partial charge >= 0.3 is 0 Å². The Morgan fingerprint density at radius 1 is 1.33 bits per heavy atom. The van der Waals surface area contributed by atoms with Crippen molar-refractivity contribution in [3.05, 3.63) is 27.8 Å². The highest BCUT2D eigenvalue weighted by atomic mass is 16.9. The first-order chi connectivity index (χ1) is 10.1. The van der Waals surface area contributed by atoms with Crippen molar-refractivity contribution >= 4 is 5.91 Å².